The molecule has 0 radical (unpaired) electrons. The lowest BCUT2D eigenvalue weighted by atomic mass is 10.2. The minimum atomic E-state index is 0.529. The van der Waals surface area contributed by atoms with Crippen LogP contribution in [0.2, 0.25) is 0 Å². The van der Waals surface area contributed by atoms with E-state index >= 15 is 0 Å². The van der Waals surface area contributed by atoms with Gasteiger partial charge in [-0.1, -0.05) is 35.9 Å². The van der Waals surface area contributed by atoms with E-state index in [0.717, 1.165) is 21.1 Å². The molecule has 0 aliphatic rings. The highest BCUT2D eigenvalue weighted by Crippen LogP contribution is 2.24. The maximum atomic E-state index is 4.67. The van der Waals surface area contributed by atoms with Gasteiger partial charge in [-0.2, -0.15) is 4.80 Å². The minimum absolute atomic E-state index is 0.529. The first-order valence-electron chi connectivity index (χ1n) is 7.11. The number of nitrogens with zero attached hydrogens (tertiary/aromatic N) is 5. The number of tetrazole rings is 1. The summed E-state index contributed by atoms with van der Waals surface area (Å²) in [5.41, 5.74) is 3.33. The lowest BCUT2D eigenvalue weighted by Crippen LogP contribution is -2.04. The number of rotatable bonds is 4. The molecule has 1 aromatic carbocycles. The summed E-state index contributed by atoms with van der Waals surface area (Å²) in [6, 6.07) is 12.4. The molecule has 0 aliphatic carbocycles. The second kappa shape index (κ2) is 6.02. The van der Waals surface area contributed by atoms with Gasteiger partial charge in [0.2, 0.25) is 5.82 Å². The third kappa shape index (κ3) is 3.06. The van der Waals surface area contributed by atoms with Crippen molar-refractivity contribution >= 4 is 22.7 Å². The number of hydrogen-bond acceptors (Lipinski definition) is 6. The summed E-state index contributed by atoms with van der Waals surface area (Å²) in [6.07, 6.45) is 0. The smallest absolute Gasteiger partial charge is 0.214 e. The van der Waals surface area contributed by atoms with Crippen molar-refractivity contribution in [2.75, 3.05) is 0 Å². The molecule has 5 nitrogen and oxygen atoms in total. The van der Waals surface area contributed by atoms with Crippen molar-refractivity contribution in [3.63, 3.8) is 0 Å². The zero-order chi connectivity index (χ0) is 15.6. The topological polar surface area (TPSA) is 56.5 Å². The molecule has 0 fully saturated rings. The van der Waals surface area contributed by atoms with Gasteiger partial charge in [-0.25, -0.2) is 4.98 Å². The molecule has 7 heteroatoms. The molecule has 0 N–H and O–H groups in total. The Balaban J connectivity index is 1.53. The molecule has 0 amide bonds. The van der Waals surface area contributed by atoms with Crippen LogP contribution in [0.4, 0.5) is 0 Å². The average Bonchev–Trinajstić information content (AvgIpc) is 3.29. The maximum Gasteiger partial charge on any atom is 0.214 e. The van der Waals surface area contributed by atoms with E-state index in [1.54, 1.807) is 27.5 Å². The Morgan fingerprint density at radius 2 is 1.96 bits per heavy atom. The molecule has 4 aromatic rings. The summed E-state index contributed by atoms with van der Waals surface area (Å²) in [4.78, 5) is 7.28. The quantitative estimate of drug-likeness (QED) is 0.566. The number of aromatic nitrogens is 5. The number of benzene rings is 1. The van der Waals surface area contributed by atoms with Crippen LogP contribution in [0.1, 0.15) is 11.3 Å². The minimum Gasteiger partial charge on any atom is -0.239 e. The van der Waals surface area contributed by atoms with E-state index in [2.05, 4.69) is 51.6 Å². The second-order valence-electron chi connectivity index (χ2n) is 5.13. The van der Waals surface area contributed by atoms with E-state index < -0.39 is 0 Å². The van der Waals surface area contributed by atoms with Gasteiger partial charge in [0.25, 0.3) is 0 Å². The molecular formula is C16H13N5S2. The van der Waals surface area contributed by atoms with Crippen LogP contribution in [0.5, 0.6) is 0 Å². The first-order chi connectivity index (χ1) is 11.3. The predicted octanol–water partition coefficient (Wildman–Crippen LogP) is 3.88. The van der Waals surface area contributed by atoms with Crippen LogP contribution in [-0.2, 0) is 6.54 Å². The Labute approximate surface area is 141 Å². The molecule has 114 valence electrons. The molecule has 0 spiro atoms. The summed E-state index contributed by atoms with van der Waals surface area (Å²) in [6.45, 7) is 2.61. The van der Waals surface area contributed by atoms with Crippen LogP contribution in [0, 0.1) is 6.92 Å². The van der Waals surface area contributed by atoms with Gasteiger partial charge < -0.3 is 0 Å². The van der Waals surface area contributed by atoms with Gasteiger partial charge in [0.15, 0.2) is 0 Å². The Hall–Kier alpha value is -2.38. The number of thiazole rings is 1. The first-order valence-corrected chi connectivity index (χ1v) is 8.87. The van der Waals surface area contributed by atoms with Crippen LogP contribution < -0.4 is 0 Å². The van der Waals surface area contributed by atoms with E-state index in [1.807, 2.05) is 22.9 Å². The van der Waals surface area contributed by atoms with Gasteiger partial charge in [0.05, 0.1) is 10.6 Å². The summed E-state index contributed by atoms with van der Waals surface area (Å²) in [5, 5.41) is 17.7. The molecule has 23 heavy (non-hydrogen) atoms. The third-order valence-corrected chi connectivity index (χ3v) is 5.15. The van der Waals surface area contributed by atoms with Crippen LogP contribution in [-0.4, -0.2) is 25.2 Å². The van der Waals surface area contributed by atoms with Crippen molar-refractivity contribution in [3.05, 3.63) is 58.4 Å². The van der Waals surface area contributed by atoms with E-state index in [9.17, 15) is 0 Å². The number of aryl methyl sites for hydroxylation is 1. The third-order valence-electron chi connectivity index (χ3n) is 3.35. The van der Waals surface area contributed by atoms with Gasteiger partial charge >= 0.3 is 0 Å². The molecule has 3 aromatic heterocycles. The fourth-order valence-electron chi connectivity index (χ4n) is 2.17. The normalized spacial score (nSPS) is 11.0. The zero-order valence-electron chi connectivity index (χ0n) is 12.4. The summed E-state index contributed by atoms with van der Waals surface area (Å²) >= 11 is 3.24. The molecule has 0 saturated carbocycles. The predicted molar refractivity (Wildman–Crippen MR) is 92.5 cm³/mol. The number of hydrogen-bond donors (Lipinski definition) is 0. The SMILES string of the molecule is Cc1ccc(-c2nc(Cn3nnc(-c4cccs4)n3)cs2)cc1. The van der Waals surface area contributed by atoms with E-state index in [0.29, 0.717) is 12.4 Å². The van der Waals surface area contributed by atoms with Gasteiger partial charge in [-0.3, -0.25) is 0 Å². The molecule has 0 saturated heterocycles. The first kappa shape index (κ1) is 14.2. The highest BCUT2D eigenvalue weighted by Gasteiger charge is 2.09. The fraction of sp³-hybridized carbons (Fsp3) is 0.125. The second-order valence-corrected chi connectivity index (χ2v) is 6.94. The lowest BCUT2D eigenvalue weighted by molar-refractivity contribution is 0.566. The molecule has 0 aliphatic heterocycles. The molecule has 4 rings (SSSR count). The highest BCUT2D eigenvalue weighted by atomic mass is 32.1. The average molecular weight is 339 g/mol. The monoisotopic (exact) mass is 339 g/mol. The molecule has 0 unspecified atom stereocenters. The largest absolute Gasteiger partial charge is 0.239 e. The van der Waals surface area contributed by atoms with Crippen molar-refractivity contribution < 1.29 is 0 Å². The number of thiophene rings is 1. The van der Waals surface area contributed by atoms with Gasteiger partial charge in [0, 0.05) is 10.9 Å². The van der Waals surface area contributed by atoms with Crippen molar-refractivity contribution in [3.8, 4) is 21.3 Å². The van der Waals surface area contributed by atoms with Crippen molar-refractivity contribution in [1.82, 2.24) is 25.2 Å². The molecular weight excluding hydrogens is 326 g/mol. The van der Waals surface area contributed by atoms with Gasteiger partial charge in [-0.15, -0.1) is 32.9 Å². The van der Waals surface area contributed by atoms with Crippen LogP contribution in [0.3, 0.4) is 0 Å². The van der Waals surface area contributed by atoms with Gasteiger partial charge in [0.1, 0.15) is 11.6 Å². The fourth-order valence-corrected chi connectivity index (χ4v) is 3.63. The summed E-state index contributed by atoms with van der Waals surface area (Å²) in [7, 11) is 0. The van der Waals surface area contributed by atoms with E-state index in [-0.39, 0.29) is 0 Å². The molecule has 0 atom stereocenters. The van der Waals surface area contributed by atoms with Crippen molar-refractivity contribution in [1.29, 1.82) is 0 Å². The Morgan fingerprint density at radius 1 is 1.09 bits per heavy atom. The zero-order valence-corrected chi connectivity index (χ0v) is 14.0. The van der Waals surface area contributed by atoms with E-state index in [4.69, 9.17) is 0 Å². The lowest BCUT2D eigenvalue weighted by Gasteiger charge is -1.97. The van der Waals surface area contributed by atoms with Crippen LogP contribution >= 0.6 is 22.7 Å². The van der Waals surface area contributed by atoms with E-state index in [1.165, 1.54) is 5.56 Å². The summed E-state index contributed by atoms with van der Waals surface area (Å²) in [5.74, 6) is 0.661. The Bertz CT molecular complexity index is 906. The summed E-state index contributed by atoms with van der Waals surface area (Å²) < 4.78 is 0. The Kier molecular flexibility index (Phi) is 3.72. The molecule has 0 bridgehead atoms. The van der Waals surface area contributed by atoms with Crippen molar-refractivity contribution in [2.45, 2.75) is 13.5 Å². The Morgan fingerprint density at radius 3 is 2.74 bits per heavy atom. The van der Waals surface area contributed by atoms with Crippen LogP contribution in [0.25, 0.3) is 21.3 Å². The molecule has 3 heterocycles. The van der Waals surface area contributed by atoms with Crippen molar-refractivity contribution in [2.24, 2.45) is 0 Å². The highest BCUT2D eigenvalue weighted by molar-refractivity contribution is 7.13. The standard InChI is InChI=1S/C16H13N5S2/c1-11-4-6-12(7-5-11)16-17-13(10-23-16)9-21-19-15(18-20-21)14-3-2-8-22-14/h2-8,10H,9H2,1H3. The van der Waals surface area contributed by atoms with Gasteiger partial charge in [-0.05, 0) is 23.6 Å². The maximum absolute atomic E-state index is 4.67. The van der Waals surface area contributed by atoms with Crippen LogP contribution in [0.15, 0.2) is 47.2 Å².